The number of rotatable bonds is 4. The van der Waals surface area contributed by atoms with E-state index in [-0.39, 0.29) is 6.04 Å². The van der Waals surface area contributed by atoms with Crippen molar-refractivity contribution in [3.05, 3.63) is 30.2 Å². The lowest BCUT2D eigenvalue weighted by Crippen LogP contribution is -2.29. The molecule has 0 saturated carbocycles. The van der Waals surface area contributed by atoms with Crippen molar-refractivity contribution in [2.75, 3.05) is 0 Å². The lowest BCUT2D eigenvalue weighted by atomic mass is 10.2. The lowest BCUT2D eigenvalue weighted by molar-refractivity contribution is 0.452. The summed E-state index contributed by atoms with van der Waals surface area (Å²) in [7, 11) is 0. The third-order valence-electron chi connectivity index (χ3n) is 2.87. The van der Waals surface area contributed by atoms with Gasteiger partial charge < -0.3 is 5.32 Å². The van der Waals surface area contributed by atoms with Gasteiger partial charge in [-0.3, -0.25) is 4.40 Å². The Bertz CT molecular complexity index is 463. The summed E-state index contributed by atoms with van der Waals surface area (Å²) in [5.74, 6) is 0.968. The molecule has 0 saturated heterocycles. The van der Waals surface area contributed by atoms with Gasteiger partial charge in [-0.25, -0.2) is 0 Å². The maximum absolute atomic E-state index is 4.23. The normalized spacial score (nSPS) is 15.2. The smallest absolute Gasteiger partial charge is 0.160 e. The molecule has 0 aliphatic heterocycles. The van der Waals surface area contributed by atoms with E-state index < -0.39 is 0 Å². The van der Waals surface area contributed by atoms with Gasteiger partial charge in [0.05, 0.1) is 6.04 Å². The van der Waals surface area contributed by atoms with Gasteiger partial charge in [0.15, 0.2) is 11.5 Å². The summed E-state index contributed by atoms with van der Waals surface area (Å²) in [5, 5.41) is 11.9. The summed E-state index contributed by atoms with van der Waals surface area (Å²) in [6, 6.07) is 6.64. The molecule has 2 aromatic heterocycles. The van der Waals surface area contributed by atoms with Crippen molar-refractivity contribution in [3.8, 4) is 0 Å². The topological polar surface area (TPSA) is 42.2 Å². The molecule has 4 heteroatoms. The molecule has 0 radical (unpaired) electrons. The lowest BCUT2D eigenvalue weighted by Gasteiger charge is -2.17. The molecule has 0 spiro atoms. The van der Waals surface area contributed by atoms with Gasteiger partial charge in [0.1, 0.15) is 0 Å². The molecule has 0 fully saturated rings. The summed E-state index contributed by atoms with van der Waals surface area (Å²) < 4.78 is 2.03. The quantitative estimate of drug-likeness (QED) is 0.855. The van der Waals surface area contributed by atoms with Crippen LogP contribution in [0, 0.1) is 0 Å². The Balaban J connectivity index is 2.26. The third-order valence-corrected chi connectivity index (χ3v) is 2.87. The minimum atomic E-state index is 0.215. The zero-order valence-corrected chi connectivity index (χ0v) is 10.0. The summed E-state index contributed by atoms with van der Waals surface area (Å²) in [5.41, 5.74) is 0.898. The van der Waals surface area contributed by atoms with Gasteiger partial charge in [-0.2, -0.15) is 0 Å². The Labute approximate surface area is 95.7 Å². The molecule has 0 unspecified atom stereocenters. The van der Waals surface area contributed by atoms with E-state index in [9.17, 15) is 0 Å². The van der Waals surface area contributed by atoms with Crippen LogP contribution >= 0.6 is 0 Å². The first kappa shape index (κ1) is 11.1. The summed E-state index contributed by atoms with van der Waals surface area (Å²) in [6.07, 6.45) is 3.11. The fourth-order valence-corrected chi connectivity index (χ4v) is 1.77. The van der Waals surface area contributed by atoms with Crippen molar-refractivity contribution in [1.82, 2.24) is 19.9 Å². The first-order valence-electron chi connectivity index (χ1n) is 5.78. The van der Waals surface area contributed by atoms with Crippen LogP contribution in [0.5, 0.6) is 0 Å². The highest BCUT2D eigenvalue weighted by Gasteiger charge is 2.14. The van der Waals surface area contributed by atoms with Crippen molar-refractivity contribution in [2.24, 2.45) is 0 Å². The molecular formula is C12H18N4. The monoisotopic (exact) mass is 218 g/mol. The van der Waals surface area contributed by atoms with Gasteiger partial charge in [0.2, 0.25) is 0 Å². The van der Waals surface area contributed by atoms with Crippen LogP contribution in [0.4, 0.5) is 0 Å². The molecule has 1 N–H and O–H groups in total. The van der Waals surface area contributed by atoms with Crippen molar-refractivity contribution < 1.29 is 0 Å². The summed E-state index contributed by atoms with van der Waals surface area (Å²) in [4.78, 5) is 0. The van der Waals surface area contributed by atoms with E-state index in [1.54, 1.807) is 0 Å². The van der Waals surface area contributed by atoms with E-state index in [4.69, 9.17) is 0 Å². The highest BCUT2D eigenvalue weighted by Crippen LogP contribution is 2.12. The first-order chi connectivity index (χ1) is 7.72. The number of nitrogens with one attached hydrogen (secondary N) is 1. The SMILES string of the molecule is CC[C@@H](C)N[C@@H](C)c1nnc2ccccn12. The Morgan fingerprint density at radius 3 is 2.88 bits per heavy atom. The fourth-order valence-electron chi connectivity index (χ4n) is 1.77. The van der Waals surface area contributed by atoms with E-state index in [2.05, 4.69) is 36.3 Å². The van der Waals surface area contributed by atoms with Gasteiger partial charge in [0, 0.05) is 12.2 Å². The highest BCUT2D eigenvalue weighted by molar-refractivity contribution is 5.37. The largest absolute Gasteiger partial charge is 0.305 e. The maximum atomic E-state index is 4.23. The molecular weight excluding hydrogens is 200 g/mol. The average molecular weight is 218 g/mol. The van der Waals surface area contributed by atoms with E-state index in [1.807, 2.05) is 28.8 Å². The zero-order valence-electron chi connectivity index (χ0n) is 10.0. The van der Waals surface area contributed by atoms with Gasteiger partial charge >= 0.3 is 0 Å². The third kappa shape index (κ3) is 2.07. The number of aromatic nitrogens is 3. The molecule has 0 aromatic carbocycles. The molecule has 16 heavy (non-hydrogen) atoms. The predicted octanol–water partition coefficient (Wildman–Crippen LogP) is 2.18. The van der Waals surface area contributed by atoms with Crippen LogP contribution in [0.15, 0.2) is 24.4 Å². The molecule has 4 nitrogen and oxygen atoms in total. The van der Waals surface area contributed by atoms with E-state index in [1.165, 1.54) is 0 Å². The van der Waals surface area contributed by atoms with Crippen LogP contribution in [0.25, 0.3) is 5.65 Å². The molecule has 2 rings (SSSR count). The van der Waals surface area contributed by atoms with Gasteiger partial charge in [-0.15, -0.1) is 10.2 Å². The summed E-state index contributed by atoms with van der Waals surface area (Å²) in [6.45, 7) is 6.47. The van der Waals surface area contributed by atoms with Crippen LogP contribution < -0.4 is 5.32 Å². The number of hydrogen-bond donors (Lipinski definition) is 1. The van der Waals surface area contributed by atoms with Crippen LogP contribution in [-0.2, 0) is 0 Å². The molecule has 86 valence electrons. The highest BCUT2D eigenvalue weighted by atomic mass is 15.3. The van der Waals surface area contributed by atoms with Gasteiger partial charge in [0.25, 0.3) is 0 Å². The second-order valence-corrected chi connectivity index (χ2v) is 4.18. The number of fused-ring (bicyclic) bond motifs is 1. The number of pyridine rings is 1. The molecule has 0 bridgehead atoms. The Morgan fingerprint density at radius 1 is 1.31 bits per heavy atom. The van der Waals surface area contributed by atoms with Crippen LogP contribution in [0.3, 0.4) is 0 Å². The van der Waals surface area contributed by atoms with E-state index in [0.717, 1.165) is 17.9 Å². The predicted molar refractivity (Wildman–Crippen MR) is 64.3 cm³/mol. The minimum absolute atomic E-state index is 0.215. The first-order valence-corrected chi connectivity index (χ1v) is 5.78. The van der Waals surface area contributed by atoms with Crippen molar-refractivity contribution >= 4 is 5.65 Å². The van der Waals surface area contributed by atoms with Gasteiger partial charge in [-0.05, 0) is 32.4 Å². The van der Waals surface area contributed by atoms with E-state index in [0.29, 0.717) is 6.04 Å². The van der Waals surface area contributed by atoms with Crippen molar-refractivity contribution in [1.29, 1.82) is 0 Å². The number of hydrogen-bond acceptors (Lipinski definition) is 3. The van der Waals surface area contributed by atoms with Crippen LogP contribution in [-0.4, -0.2) is 20.6 Å². The Kier molecular flexibility index (Phi) is 3.19. The maximum Gasteiger partial charge on any atom is 0.160 e. The van der Waals surface area contributed by atoms with Crippen molar-refractivity contribution in [3.63, 3.8) is 0 Å². The molecule has 2 aromatic rings. The fraction of sp³-hybridized carbons (Fsp3) is 0.500. The van der Waals surface area contributed by atoms with Crippen LogP contribution in [0.2, 0.25) is 0 Å². The molecule has 2 heterocycles. The van der Waals surface area contributed by atoms with Crippen molar-refractivity contribution in [2.45, 2.75) is 39.3 Å². The Morgan fingerprint density at radius 2 is 2.12 bits per heavy atom. The van der Waals surface area contributed by atoms with Gasteiger partial charge in [-0.1, -0.05) is 13.0 Å². The molecule has 0 amide bonds. The van der Waals surface area contributed by atoms with E-state index >= 15 is 0 Å². The summed E-state index contributed by atoms with van der Waals surface area (Å²) >= 11 is 0. The minimum Gasteiger partial charge on any atom is -0.305 e. The molecule has 0 aliphatic rings. The zero-order chi connectivity index (χ0) is 11.5. The number of nitrogens with zero attached hydrogens (tertiary/aromatic N) is 3. The molecule has 0 aliphatic carbocycles. The second kappa shape index (κ2) is 4.61. The average Bonchev–Trinajstić information content (AvgIpc) is 2.72. The second-order valence-electron chi connectivity index (χ2n) is 4.18. The van der Waals surface area contributed by atoms with Crippen LogP contribution in [0.1, 0.15) is 39.1 Å². The Hall–Kier alpha value is -1.42. The molecule has 2 atom stereocenters. The standard InChI is InChI=1S/C12H18N4/c1-4-9(2)13-10(3)12-15-14-11-7-5-6-8-16(11)12/h5-10,13H,4H2,1-3H3/t9-,10+/m1/s1.